The van der Waals surface area contributed by atoms with Crippen molar-refractivity contribution in [3.63, 3.8) is 0 Å². The predicted octanol–water partition coefficient (Wildman–Crippen LogP) is 2.10. The normalized spacial score (nSPS) is 12.6. The Kier molecular flexibility index (Phi) is 4.47. The summed E-state index contributed by atoms with van der Waals surface area (Å²) in [5.74, 6) is 0.586. The summed E-state index contributed by atoms with van der Waals surface area (Å²) in [7, 11) is 1.91. The van der Waals surface area contributed by atoms with Crippen molar-refractivity contribution in [2.24, 2.45) is 7.05 Å². The minimum atomic E-state index is 0.586. The van der Waals surface area contributed by atoms with Crippen molar-refractivity contribution in [3.8, 4) is 0 Å². The Hall–Kier alpha value is -1.68. The number of rotatable bonds is 6. The minimum Gasteiger partial charge on any atom is -0.311 e. The highest BCUT2D eigenvalue weighted by Gasteiger charge is 2.04. The quantitative estimate of drug-likeness (QED) is 0.791. The van der Waals surface area contributed by atoms with E-state index in [9.17, 15) is 0 Å². The SMILES string of the molecule is CC(CCNCc1cnnn1C)c1ccccc1. The summed E-state index contributed by atoms with van der Waals surface area (Å²) in [5, 5.41) is 11.2. The predicted molar refractivity (Wildman–Crippen MR) is 72.2 cm³/mol. The molecule has 18 heavy (non-hydrogen) atoms. The average molecular weight is 244 g/mol. The van der Waals surface area contributed by atoms with Gasteiger partial charge >= 0.3 is 0 Å². The van der Waals surface area contributed by atoms with Gasteiger partial charge in [-0.3, -0.25) is 4.68 Å². The first-order valence-corrected chi connectivity index (χ1v) is 6.36. The van der Waals surface area contributed by atoms with Crippen LogP contribution < -0.4 is 5.32 Å². The largest absolute Gasteiger partial charge is 0.311 e. The first kappa shape index (κ1) is 12.8. The van der Waals surface area contributed by atoms with Crippen molar-refractivity contribution in [1.82, 2.24) is 20.3 Å². The summed E-state index contributed by atoms with van der Waals surface area (Å²) >= 11 is 0. The topological polar surface area (TPSA) is 42.7 Å². The summed E-state index contributed by atoms with van der Waals surface area (Å²) < 4.78 is 1.80. The maximum Gasteiger partial charge on any atom is 0.0738 e. The number of hydrogen-bond acceptors (Lipinski definition) is 3. The van der Waals surface area contributed by atoms with Crippen LogP contribution in [0.15, 0.2) is 36.5 Å². The number of nitrogens with zero attached hydrogens (tertiary/aromatic N) is 3. The summed E-state index contributed by atoms with van der Waals surface area (Å²) in [6, 6.07) is 10.6. The molecular formula is C14H20N4. The van der Waals surface area contributed by atoms with Gasteiger partial charge in [0.25, 0.3) is 0 Å². The Balaban J connectivity index is 1.71. The number of aromatic nitrogens is 3. The van der Waals surface area contributed by atoms with Crippen LogP contribution in [0.2, 0.25) is 0 Å². The van der Waals surface area contributed by atoms with Crippen LogP contribution in [-0.2, 0) is 13.6 Å². The number of hydrogen-bond donors (Lipinski definition) is 1. The van der Waals surface area contributed by atoms with Crippen LogP contribution in [-0.4, -0.2) is 21.5 Å². The summed E-state index contributed by atoms with van der Waals surface area (Å²) in [4.78, 5) is 0. The maximum atomic E-state index is 3.90. The molecular weight excluding hydrogens is 224 g/mol. The van der Waals surface area contributed by atoms with Crippen molar-refractivity contribution in [2.75, 3.05) is 6.54 Å². The zero-order valence-electron chi connectivity index (χ0n) is 11.0. The second-order valence-electron chi connectivity index (χ2n) is 4.63. The van der Waals surface area contributed by atoms with Gasteiger partial charge < -0.3 is 5.32 Å². The smallest absolute Gasteiger partial charge is 0.0738 e. The van der Waals surface area contributed by atoms with Gasteiger partial charge in [-0.05, 0) is 24.4 Å². The van der Waals surface area contributed by atoms with E-state index in [2.05, 4.69) is 52.9 Å². The first-order valence-electron chi connectivity index (χ1n) is 6.36. The number of aryl methyl sites for hydroxylation is 1. The lowest BCUT2D eigenvalue weighted by Crippen LogP contribution is -2.18. The van der Waals surface area contributed by atoms with E-state index in [4.69, 9.17) is 0 Å². The standard InChI is InChI=1S/C14H20N4/c1-12(13-6-4-3-5-7-13)8-9-15-10-14-11-16-17-18(14)2/h3-7,11-12,15H,8-10H2,1-2H3. The molecule has 0 aliphatic rings. The van der Waals surface area contributed by atoms with E-state index in [1.165, 1.54) is 5.56 Å². The fraction of sp³-hybridized carbons (Fsp3) is 0.429. The van der Waals surface area contributed by atoms with Crippen LogP contribution in [0.5, 0.6) is 0 Å². The van der Waals surface area contributed by atoms with E-state index < -0.39 is 0 Å². The van der Waals surface area contributed by atoms with Crippen LogP contribution >= 0.6 is 0 Å². The van der Waals surface area contributed by atoms with Crippen LogP contribution in [0.1, 0.15) is 30.5 Å². The molecule has 0 aliphatic heterocycles. The second kappa shape index (κ2) is 6.31. The first-order chi connectivity index (χ1) is 8.77. The third-order valence-electron chi connectivity index (χ3n) is 3.24. The Morgan fingerprint density at radius 2 is 2.06 bits per heavy atom. The summed E-state index contributed by atoms with van der Waals surface area (Å²) in [5.41, 5.74) is 2.52. The lowest BCUT2D eigenvalue weighted by Gasteiger charge is -2.12. The monoisotopic (exact) mass is 244 g/mol. The third-order valence-corrected chi connectivity index (χ3v) is 3.24. The van der Waals surface area contributed by atoms with Crippen molar-refractivity contribution in [2.45, 2.75) is 25.8 Å². The molecule has 1 heterocycles. The molecule has 1 atom stereocenters. The molecule has 1 N–H and O–H groups in total. The second-order valence-corrected chi connectivity index (χ2v) is 4.63. The van der Waals surface area contributed by atoms with Crippen LogP contribution in [0.25, 0.3) is 0 Å². The molecule has 1 unspecified atom stereocenters. The Morgan fingerprint density at radius 1 is 1.28 bits per heavy atom. The highest BCUT2D eigenvalue weighted by atomic mass is 15.4. The molecule has 96 valence electrons. The van der Waals surface area contributed by atoms with E-state index in [1.54, 1.807) is 10.9 Å². The lowest BCUT2D eigenvalue weighted by atomic mass is 9.98. The molecule has 0 bridgehead atoms. The molecule has 0 saturated heterocycles. The number of benzene rings is 1. The molecule has 1 aromatic carbocycles. The van der Waals surface area contributed by atoms with E-state index in [1.807, 2.05) is 7.05 Å². The van der Waals surface area contributed by atoms with Crippen molar-refractivity contribution < 1.29 is 0 Å². The molecule has 4 heteroatoms. The zero-order valence-corrected chi connectivity index (χ0v) is 11.0. The molecule has 0 spiro atoms. The Labute approximate surface area is 108 Å². The molecule has 2 rings (SSSR count). The third kappa shape index (κ3) is 3.40. The molecule has 0 aliphatic carbocycles. The van der Waals surface area contributed by atoms with Gasteiger partial charge in [-0.25, -0.2) is 0 Å². The van der Waals surface area contributed by atoms with E-state index >= 15 is 0 Å². The van der Waals surface area contributed by atoms with Gasteiger partial charge in [-0.15, -0.1) is 5.10 Å². The van der Waals surface area contributed by atoms with E-state index in [0.717, 1.165) is 25.2 Å². The maximum absolute atomic E-state index is 3.90. The molecule has 4 nitrogen and oxygen atoms in total. The molecule has 2 aromatic rings. The van der Waals surface area contributed by atoms with Gasteiger partial charge in [0.15, 0.2) is 0 Å². The fourth-order valence-electron chi connectivity index (χ4n) is 1.95. The van der Waals surface area contributed by atoms with Gasteiger partial charge in [0, 0.05) is 13.6 Å². The summed E-state index contributed by atoms with van der Waals surface area (Å²) in [6.07, 6.45) is 2.93. The Bertz CT molecular complexity index is 464. The lowest BCUT2D eigenvalue weighted by molar-refractivity contribution is 0.570. The highest BCUT2D eigenvalue weighted by molar-refractivity contribution is 5.18. The average Bonchev–Trinajstić information content (AvgIpc) is 2.81. The summed E-state index contributed by atoms with van der Waals surface area (Å²) in [6.45, 7) is 4.09. The van der Waals surface area contributed by atoms with Crippen LogP contribution in [0, 0.1) is 0 Å². The molecule has 0 amide bonds. The molecule has 0 saturated carbocycles. The van der Waals surface area contributed by atoms with E-state index in [-0.39, 0.29) is 0 Å². The minimum absolute atomic E-state index is 0.586. The zero-order chi connectivity index (χ0) is 12.8. The van der Waals surface area contributed by atoms with Gasteiger partial charge in [-0.1, -0.05) is 42.5 Å². The van der Waals surface area contributed by atoms with Crippen molar-refractivity contribution in [3.05, 3.63) is 47.8 Å². The Morgan fingerprint density at radius 3 is 2.72 bits per heavy atom. The number of nitrogens with one attached hydrogen (secondary N) is 1. The van der Waals surface area contributed by atoms with Crippen LogP contribution in [0.3, 0.4) is 0 Å². The van der Waals surface area contributed by atoms with Gasteiger partial charge in [0.05, 0.1) is 11.9 Å². The van der Waals surface area contributed by atoms with Crippen LogP contribution in [0.4, 0.5) is 0 Å². The highest BCUT2D eigenvalue weighted by Crippen LogP contribution is 2.17. The fourth-order valence-corrected chi connectivity index (χ4v) is 1.95. The van der Waals surface area contributed by atoms with E-state index in [0.29, 0.717) is 5.92 Å². The van der Waals surface area contributed by atoms with Crippen molar-refractivity contribution >= 4 is 0 Å². The van der Waals surface area contributed by atoms with Crippen molar-refractivity contribution in [1.29, 1.82) is 0 Å². The van der Waals surface area contributed by atoms with Gasteiger partial charge in [0.1, 0.15) is 0 Å². The van der Waals surface area contributed by atoms with Gasteiger partial charge in [-0.2, -0.15) is 0 Å². The molecule has 1 aromatic heterocycles. The van der Waals surface area contributed by atoms with Gasteiger partial charge in [0.2, 0.25) is 0 Å². The molecule has 0 fully saturated rings. The molecule has 0 radical (unpaired) electrons.